The smallest absolute Gasteiger partial charge is 0.189 e. The van der Waals surface area contributed by atoms with Crippen LogP contribution in [0.2, 0.25) is 0 Å². The number of β-amino-alcohol motifs (C(OH)–C–C–N with tert-alkyl or cyclic N) is 1. The first-order chi connectivity index (χ1) is 16.2. The predicted octanol–water partition coefficient (Wildman–Crippen LogP) is 3.63. The van der Waals surface area contributed by atoms with E-state index >= 15 is 0 Å². The van der Waals surface area contributed by atoms with Crippen LogP contribution in [0.25, 0.3) is 11.3 Å². The number of hydrogen-bond donors (Lipinski definition) is 2. The molecule has 1 saturated carbocycles. The molecule has 2 aromatic rings. The lowest BCUT2D eigenvalue weighted by Crippen LogP contribution is -2.43. The average Bonchev–Trinajstić information content (AvgIpc) is 3.66. The van der Waals surface area contributed by atoms with Crippen molar-refractivity contribution in [2.45, 2.75) is 51.5 Å². The molecule has 1 aliphatic carbocycles. The van der Waals surface area contributed by atoms with Crippen molar-refractivity contribution in [1.29, 1.82) is 0 Å². The summed E-state index contributed by atoms with van der Waals surface area (Å²) in [7, 11) is 0. The number of nitrogens with one attached hydrogen (secondary N) is 1. The Morgan fingerprint density at radius 1 is 1.21 bits per heavy atom. The van der Waals surface area contributed by atoms with E-state index in [4.69, 9.17) is 9.47 Å². The second-order valence-electron chi connectivity index (χ2n) is 8.66. The molecule has 176 valence electrons. The number of piperidine rings is 1. The molecular weight excluding hydrogens is 416 g/mol. The molecule has 7 nitrogen and oxygen atoms in total. The number of anilines is 1. The van der Waals surface area contributed by atoms with Gasteiger partial charge < -0.3 is 19.9 Å². The van der Waals surface area contributed by atoms with Gasteiger partial charge in [-0.05, 0) is 81.8 Å². The Labute approximate surface area is 196 Å². The van der Waals surface area contributed by atoms with Crippen molar-refractivity contribution in [1.82, 2.24) is 15.1 Å². The molecule has 2 aliphatic rings. The summed E-state index contributed by atoms with van der Waals surface area (Å²) >= 11 is 0. The molecule has 1 saturated heterocycles. The van der Waals surface area contributed by atoms with E-state index < -0.39 is 0 Å². The van der Waals surface area contributed by atoms with Gasteiger partial charge in [0.05, 0.1) is 6.61 Å². The minimum Gasteiger partial charge on any atom is -0.467 e. The minimum absolute atomic E-state index is 0.185. The zero-order chi connectivity index (χ0) is 23.0. The lowest BCUT2D eigenvalue weighted by molar-refractivity contribution is 0.0227. The number of likely N-dealkylation sites (tertiary alicyclic amines) is 1. The standard InChI is InChI=1S/C26H34N4O3/c1-3-6-19-8-11-22(24(15-19)33-18-32-4-2)26-23(20-9-10-20)16-25(28-29-26)27-21-7-5-12-30(17-21)13-14-31/h8,11,15-16,20-21,31H,4-5,7,9-10,12-14,17-18H2,1-2H3,(H,27,28)/t21-/m1/s1. The van der Waals surface area contributed by atoms with Gasteiger partial charge >= 0.3 is 0 Å². The molecule has 0 spiro atoms. The van der Waals surface area contributed by atoms with E-state index in [1.807, 2.05) is 32.0 Å². The molecule has 4 rings (SSSR count). The number of aliphatic hydroxyl groups excluding tert-OH is 1. The molecule has 1 atom stereocenters. The van der Waals surface area contributed by atoms with Crippen LogP contribution in [0, 0.1) is 11.8 Å². The summed E-state index contributed by atoms with van der Waals surface area (Å²) in [6.45, 7) is 7.42. The quantitative estimate of drug-likeness (QED) is 0.325. The van der Waals surface area contributed by atoms with Crippen molar-refractivity contribution in [2.24, 2.45) is 0 Å². The summed E-state index contributed by atoms with van der Waals surface area (Å²) in [4.78, 5) is 2.30. The van der Waals surface area contributed by atoms with E-state index in [2.05, 4.69) is 38.3 Å². The van der Waals surface area contributed by atoms with Crippen LogP contribution in [0.3, 0.4) is 0 Å². The van der Waals surface area contributed by atoms with Gasteiger partial charge in [-0.15, -0.1) is 16.1 Å². The maximum Gasteiger partial charge on any atom is 0.189 e. The van der Waals surface area contributed by atoms with Gasteiger partial charge in [-0.3, -0.25) is 4.90 Å². The third-order valence-electron chi connectivity index (χ3n) is 6.12. The summed E-state index contributed by atoms with van der Waals surface area (Å²) in [6, 6.07) is 8.46. The number of aromatic nitrogens is 2. The van der Waals surface area contributed by atoms with Crippen LogP contribution in [-0.4, -0.2) is 65.9 Å². The number of hydrogen-bond acceptors (Lipinski definition) is 7. The molecule has 0 amide bonds. The summed E-state index contributed by atoms with van der Waals surface area (Å²) in [5, 5.41) is 22.1. The predicted molar refractivity (Wildman–Crippen MR) is 129 cm³/mol. The van der Waals surface area contributed by atoms with Crippen LogP contribution in [0.4, 0.5) is 5.82 Å². The van der Waals surface area contributed by atoms with E-state index in [-0.39, 0.29) is 13.4 Å². The first kappa shape index (κ1) is 23.5. The van der Waals surface area contributed by atoms with Crippen molar-refractivity contribution in [3.63, 3.8) is 0 Å². The highest BCUT2D eigenvalue weighted by atomic mass is 16.7. The van der Waals surface area contributed by atoms with E-state index in [1.165, 1.54) is 18.4 Å². The van der Waals surface area contributed by atoms with Gasteiger partial charge in [0.15, 0.2) is 6.79 Å². The molecule has 7 heteroatoms. The van der Waals surface area contributed by atoms with Gasteiger partial charge in [0.25, 0.3) is 0 Å². The van der Waals surface area contributed by atoms with Crippen molar-refractivity contribution in [3.05, 3.63) is 35.4 Å². The first-order valence-corrected chi connectivity index (χ1v) is 12.0. The Balaban J connectivity index is 1.59. The molecule has 2 fully saturated rings. The first-order valence-electron chi connectivity index (χ1n) is 12.0. The number of nitrogens with zero attached hydrogens (tertiary/aromatic N) is 3. The highest BCUT2D eigenvalue weighted by Gasteiger charge is 2.30. The number of aliphatic hydroxyl groups is 1. The highest BCUT2D eigenvalue weighted by Crippen LogP contribution is 2.45. The van der Waals surface area contributed by atoms with Crippen molar-refractivity contribution in [2.75, 3.05) is 45.0 Å². The number of benzene rings is 1. The summed E-state index contributed by atoms with van der Waals surface area (Å²) in [5.74, 6) is 8.08. The SMILES string of the molecule is CC#Cc1ccc(-c2nnc(N[C@@H]3CCCN(CCO)C3)cc2C2CC2)c(OCOCC)c1. The van der Waals surface area contributed by atoms with E-state index in [0.717, 1.165) is 55.1 Å². The topological polar surface area (TPSA) is 79.7 Å². The lowest BCUT2D eigenvalue weighted by atomic mass is 10.0. The van der Waals surface area contributed by atoms with Gasteiger partial charge in [0, 0.05) is 36.9 Å². The van der Waals surface area contributed by atoms with Crippen LogP contribution < -0.4 is 10.1 Å². The fourth-order valence-corrected chi connectivity index (χ4v) is 4.37. The normalized spacial score (nSPS) is 18.5. The molecule has 2 N–H and O–H groups in total. The number of ether oxygens (including phenoxy) is 2. The van der Waals surface area contributed by atoms with Crippen LogP contribution >= 0.6 is 0 Å². The molecule has 1 aromatic heterocycles. The molecule has 33 heavy (non-hydrogen) atoms. The Morgan fingerprint density at radius 3 is 2.85 bits per heavy atom. The molecule has 0 unspecified atom stereocenters. The second kappa shape index (κ2) is 11.5. The van der Waals surface area contributed by atoms with Gasteiger partial charge in [-0.1, -0.05) is 5.92 Å². The van der Waals surface area contributed by atoms with Crippen molar-refractivity contribution < 1.29 is 14.6 Å². The molecule has 1 aliphatic heterocycles. The summed E-state index contributed by atoms with van der Waals surface area (Å²) < 4.78 is 11.4. The fraction of sp³-hybridized carbons (Fsp3) is 0.538. The zero-order valence-corrected chi connectivity index (χ0v) is 19.6. The molecular formula is C26H34N4O3. The Hall–Kier alpha value is -2.66. The highest BCUT2D eigenvalue weighted by molar-refractivity contribution is 5.73. The maximum atomic E-state index is 9.27. The van der Waals surface area contributed by atoms with Crippen molar-refractivity contribution in [3.8, 4) is 28.8 Å². The fourth-order valence-electron chi connectivity index (χ4n) is 4.37. The van der Waals surface area contributed by atoms with Crippen LogP contribution in [0.1, 0.15) is 56.6 Å². The third-order valence-corrected chi connectivity index (χ3v) is 6.12. The zero-order valence-electron chi connectivity index (χ0n) is 19.6. The van der Waals surface area contributed by atoms with E-state index in [1.54, 1.807) is 0 Å². The monoisotopic (exact) mass is 450 g/mol. The van der Waals surface area contributed by atoms with Gasteiger partial charge in [0.2, 0.25) is 0 Å². The maximum absolute atomic E-state index is 9.27. The minimum atomic E-state index is 0.185. The molecule has 0 bridgehead atoms. The summed E-state index contributed by atoms with van der Waals surface area (Å²) in [6.07, 6.45) is 4.55. The average molecular weight is 451 g/mol. The Bertz CT molecular complexity index is 995. The Morgan fingerprint density at radius 2 is 2.09 bits per heavy atom. The molecule has 2 heterocycles. The van der Waals surface area contributed by atoms with Gasteiger partial charge in [-0.2, -0.15) is 0 Å². The largest absolute Gasteiger partial charge is 0.467 e. The van der Waals surface area contributed by atoms with Gasteiger partial charge in [0.1, 0.15) is 17.3 Å². The van der Waals surface area contributed by atoms with Crippen LogP contribution in [-0.2, 0) is 4.74 Å². The van der Waals surface area contributed by atoms with E-state index in [0.29, 0.717) is 24.3 Å². The molecule has 1 aromatic carbocycles. The van der Waals surface area contributed by atoms with E-state index in [9.17, 15) is 5.11 Å². The summed E-state index contributed by atoms with van der Waals surface area (Å²) in [5.41, 5.74) is 3.91. The Kier molecular flexibility index (Phi) is 8.16. The second-order valence-corrected chi connectivity index (χ2v) is 8.66. The third kappa shape index (κ3) is 6.23. The van der Waals surface area contributed by atoms with Crippen LogP contribution in [0.15, 0.2) is 24.3 Å². The lowest BCUT2D eigenvalue weighted by Gasteiger charge is -2.32. The van der Waals surface area contributed by atoms with Gasteiger partial charge in [-0.25, -0.2) is 0 Å². The number of rotatable bonds is 10. The van der Waals surface area contributed by atoms with Crippen molar-refractivity contribution >= 4 is 5.82 Å². The molecule has 0 radical (unpaired) electrons. The van der Waals surface area contributed by atoms with Crippen LogP contribution in [0.5, 0.6) is 5.75 Å².